The number of amides is 1. The van der Waals surface area contributed by atoms with Crippen LogP contribution in [0.15, 0.2) is 28.5 Å². The van der Waals surface area contributed by atoms with Crippen molar-refractivity contribution in [2.75, 3.05) is 18.3 Å². The molecule has 1 aromatic carbocycles. The number of thiophene rings is 1. The van der Waals surface area contributed by atoms with Crippen molar-refractivity contribution in [3.8, 4) is 0 Å². The van der Waals surface area contributed by atoms with E-state index in [1.165, 1.54) is 41.2 Å². The summed E-state index contributed by atoms with van der Waals surface area (Å²) < 4.78 is 5.43. The highest BCUT2D eigenvalue weighted by molar-refractivity contribution is 8.00. The topological polar surface area (TPSA) is 89.8 Å². The first-order valence-corrected chi connectivity index (χ1v) is 8.72. The molecule has 0 fully saturated rings. The molecule has 2 aromatic rings. The number of aryl methyl sites for hydroxylation is 1. The Bertz CT molecular complexity index is 803. The first-order valence-electron chi connectivity index (χ1n) is 6.68. The maximum atomic E-state index is 11.7. The summed E-state index contributed by atoms with van der Waals surface area (Å²) in [6.45, 7) is 1.63. The Balaban J connectivity index is 2.55. The van der Waals surface area contributed by atoms with Crippen LogP contribution >= 0.6 is 23.1 Å². The molecule has 0 N–H and O–H groups in total. The van der Waals surface area contributed by atoms with Crippen molar-refractivity contribution in [3.63, 3.8) is 0 Å². The molecule has 0 atom stereocenters. The van der Waals surface area contributed by atoms with Crippen molar-refractivity contribution < 1.29 is 19.2 Å². The van der Waals surface area contributed by atoms with Crippen molar-refractivity contribution in [1.29, 1.82) is 0 Å². The molecule has 0 spiro atoms. The molecule has 0 saturated heterocycles. The number of anilines is 2. The maximum absolute atomic E-state index is 11.7. The molecule has 0 aliphatic rings. The second kappa shape index (κ2) is 7.45. The number of methoxy groups -OCH3 is 1. The molecule has 0 aliphatic heterocycles. The van der Waals surface area contributed by atoms with Crippen molar-refractivity contribution in [3.05, 3.63) is 44.8 Å². The highest BCUT2D eigenvalue weighted by Gasteiger charge is 2.22. The van der Waals surface area contributed by atoms with Crippen LogP contribution in [0.3, 0.4) is 0 Å². The van der Waals surface area contributed by atoms with Gasteiger partial charge in [-0.05, 0) is 25.3 Å². The number of nitrogens with zero attached hydrogens (tertiary/aromatic N) is 2. The molecule has 7 nitrogen and oxygen atoms in total. The van der Waals surface area contributed by atoms with Gasteiger partial charge >= 0.3 is 5.97 Å². The van der Waals surface area contributed by atoms with Crippen molar-refractivity contribution in [2.24, 2.45) is 0 Å². The highest BCUT2D eigenvalue weighted by Crippen LogP contribution is 2.40. The third-order valence-electron chi connectivity index (χ3n) is 3.28. The molecule has 24 heavy (non-hydrogen) atoms. The van der Waals surface area contributed by atoms with E-state index in [1.54, 1.807) is 25.1 Å². The highest BCUT2D eigenvalue weighted by atomic mass is 32.2. The lowest BCUT2D eigenvalue weighted by Gasteiger charge is -2.17. The molecule has 1 heterocycles. The number of nitro groups is 1. The number of esters is 1. The summed E-state index contributed by atoms with van der Waals surface area (Å²) in [6, 6.07) is 6.08. The fourth-order valence-electron chi connectivity index (χ4n) is 2.08. The summed E-state index contributed by atoms with van der Waals surface area (Å²) in [7, 11) is 1.28. The van der Waals surface area contributed by atoms with Crippen molar-refractivity contribution >= 4 is 52.5 Å². The number of hydrogen-bond acceptors (Lipinski definition) is 7. The van der Waals surface area contributed by atoms with Crippen LogP contribution < -0.4 is 4.90 Å². The SMILES string of the molecule is COC(=O)c1cc(N(C=O)c2ccc(C)c([N+](=O)[O-])c2)c(SC)s1. The molecule has 126 valence electrons. The largest absolute Gasteiger partial charge is 0.465 e. The normalized spacial score (nSPS) is 10.3. The summed E-state index contributed by atoms with van der Waals surface area (Å²) in [6.07, 6.45) is 2.38. The zero-order chi connectivity index (χ0) is 17.9. The van der Waals surface area contributed by atoms with Crippen LogP contribution in [0.5, 0.6) is 0 Å². The Hall–Kier alpha value is -2.39. The Morgan fingerprint density at radius 3 is 2.67 bits per heavy atom. The molecule has 1 aromatic heterocycles. The van der Waals surface area contributed by atoms with Gasteiger partial charge in [0.1, 0.15) is 4.88 Å². The van der Waals surface area contributed by atoms with E-state index in [0.717, 1.165) is 4.21 Å². The van der Waals surface area contributed by atoms with Crippen LogP contribution in [0.1, 0.15) is 15.2 Å². The van der Waals surface area contributed by atoms with E-state index in [-0.39, 0.29) is 5.69 Å². The van der Waals surface area contributed by atoms with Crippen molar-refractivity contribution in [1.82, 2.24) is 0 Å². The average molecular weight is 366 g/mol. The van der Waals surface area contributed by atoms with Gasteiger partial charge in [0.25, 0.3) is 5.69 Å². The molecular weight excluding hydrogens is 352 g/mol. The van der Waals surface area contributed by atoms with Gasteiger partial charge in [0.15, 0.2) is 0 Å². The van der Waals surface area contributed by atoms with Gasteiger partial charge in [-0.3, -0.25) is 19.8 Å². The minimum Gasteiger partial charge on any atom is -0.465 e. The van der Waals surface area contributed by atoms with Gasteiger partial charge in [0.05, 0.1) is 27.6 Å². The molecule has 0 aliphatic carbocycles. The summed E-state index contributed by atoms with van der Waals surface area (Å²) >= 11 is 2.57. The second-order valence-electron chi connectivity index (χ2n) is 4.68. The van der Waals surface area contributed by atoms with Crippen LogP contribution in [0.25, 0.3) is 0 Å². The first kappa shape index (κ1) is 18.0. The van der Waals surface area contributed by atoms with Gasteiger partial charge < -0.3 is 4.74 Å². The third-order valence-corrected chi connectivity index (χ3v) is 5.51. The number of rotatable bonds is 6. The summed E-state index contributed by atoms with van der Waals surface area (Å²) in [5.41, 5.74) is 1.27. The number of carbonyl (C=O) groups excluding carboxylic acids is 2. The van der Waals surface area contributed by atoms with Gasteiger partial charge in [-0.1, -0.05) is 6.07 Å². The second-order valence-corrected chi connectivity index (χ2v) is 6.81. The zero-order valence-corrected chi connectivity index (χ0v) is 14.8. The standard InChI is InChI=1S/C15H14N2O5S2/c1-9-4-5-10(6-11(9)17(20)21)16(8-18)12-7-13(14(19)22-2)24-15(12)23-3/h4-8H,1-3H3. The van der Waals surface area contributed by atoms with E-state index in [1.807, 2.05) is 6.26 Å². The number of hydrogen-bond donors (Lipinski definition) is 0. The molecule has 1 amide bonds. The average Bonchev–Trinajstić information content (AvgIpc) is 3.00. The number of ether oxygens (including phenoxy) is 1. The van der Waals surface area contributed by atoms with Crippen molar-refractivity contribution in [2.45, 2.75) is 11.1 Å². The summed E-state index contributed by atoms with van der Waals surface area (Å²) in [5.74, 6) is -0.498. The van der Waals surface area contributed by atoms with E-state index < -0.39 is 10.9 Å². The van der Waals surface area contributed by atoms with Crippen LogP contribution in [-0.4, -0.2) is 30.7 Å². The number of benzene rings is 1. The minimum atomic E-state index is -0.498. The van der Waals surface area contributed by atoms with E-state index in [4.69, 9.17) is 4.74 Å². The molecule has 0 saturated carbocycles. The Morgan fingerprint density at radius 1 is 1.42 bits per heavy atom. The lowest BCUT2D eigenvalue weighted by molar-refractivity contribution is -0.385. The van der Waals surface area contributed by atoms with Crippen LogP contribution in [-0.2, 0) is 9.53 Å². The Kier molecular flexibility index (Phi) is 5.58. The summed E-state index contributed by atoms with van der Waals surface area (Å²) in [4.78, 5) is 35.6. The Morgan fingerprint density at radius 2 is 2.12 bits per heavy atom. The third kappa shape index (κ3) is 3.41. The molecular formula is C15H14N2O5S2. The number of nitro benzene ring substituents is 1. The molecule has 0 unspecified atom stereocenters. The zero-order valence-electron chi connectivity index (χ0n) is 13.1. The lowest BCUT2D eigenvalue weighted by Crippen LogP contribution is -2.14. The van der Waals surface area contributed by atoms with Gasteiger partial charge in [-0.2, -0.15) is 0 Å². The molecule has 0 radical (unpaired) electrons. The monoisotopic (exact) mass is 366 g/mol. The maximum Gasteiger partial charge on any atom is 0.348 e. The van der Waals surface area contributed by atoms with Gasteiger partial charge in [0, 0.05) is 11.6 Å². The van der Waals surface area contributed by atoms with Gasteiger partial charge in [-0.15, -0.1) is 23.1 Å². The number of thioether (sulfide) groups is 1. The van der Waals surface area contributed by atoms with E-state index in [2.05, 4.69) is 0 Å². The van der Waals surface area contributed by atoms with Gasteiger partial charge in [-0.25, -0.2) is 4.79 Å². The van der Waals surface area contributed by atoms with E-state index in [9.17, 15) is 19.7 Å². The fourth-order valence-corrected chi connectivity index (χ4v) is 3.85. The predicted octanol–water partition coefficient (Wildman–Crippen LogP) is 3.77. The van der Waals surface area contributed by atoms with Gasteiger partial charge in [0.2, 0.25) is 6.41 Å². The quantitative estimate of drug-likeness (QED) is 0.254. The smallest absolute Gasteiger partial charge is 0.348 e. The minimum absolute atomic E-state index is 0.0755. The van der Waals surface area contributed by atoms with Crippen LogP contribution in [0.4, 0.5) is 17.1 Å². The van der Waals surface area contributed by atoms with E-state index >= 15 is 0 Å². The molecule has 9 heteroatoms. The lowest BCUT2D eigenvalue weighted by atomic mass is 10.1. The van der Waals surface area contributed by atoms with E-state index in [0.29, 0.717) is 28.2 Å². The Labute approximate surface area is 146 Å². The fraction of sp³-hybridized carbons (Fsp3) is 0.200. The van der Waals surface area contributed by atoms with Crippen LogP contribution in [0, 0.1) is 17.0 Å². The van der Waals surface area contributed by atoms with Crippen LogP contribution in [0.2, 0.25) is 0 Å². The molecule has 0 bridgehead atoms. The predicted molar refractivity (Wildman–Crippen MR) is 93.5 cm³/mol. The molecule has 2 rings (SSSR count). The number of carbonyl (C=O) groups is 2. The first-order chi connectivity index (χ1) is 11.4. The summed E-state index contributed by atoms with van der Waals surface area (Å²) in [5, 5.41) is 11.1.